The van der Waals surface area contributed by atoms with Gasteiger partial charge in [-0.1, -0.05) is 48.5 Å². The highest BCUT2D eigenvalue weighted by atomic mass is 35.5. The minimum absolute atomic E-state index is 0. The van der Waals surface area contributed by atoms with E-state index in [0.717, 1.165) is 16.8 Å². The fourth-order valence-corrected chi connectivity index (χ4v) is 2.46. The number of hydrogen-bond donors (Lipinski definition) is 1. The first-order valence-electron chi connectivity index (χ1n) is 7.84. The number of anilines is 1. The fourth-order valence-electron chi connectivity index (χ4n) is 2.46. The monoisotopic (exact) mass is 348 g/mol. The van der Waals surface area contributed by atoms with E-state index in [-0.39, 0.29) is 18.3 Å². The molecule has 0 spiro atoms. The Hall–Kier alpha value is -2.04. The van der Waals surface area contributed by atoms with Crippen molar-refractivity contribution in [1.82, 2.24) is 4.90 Å². The van der Waals surface area contributed by atoms with Gasteiger partial charge in [-0.25, -0.2) is 0 Å². The second-order valence-electron chi connectivity index (χ2n) is 5.49. The predicted molar refractivity (Wildman–Crippen MR) is 100 cm³/mol. The number of nitrogens with zero attached hydrogens (tertiary/aromatic N) is 1. The average molecular weight is 349 g/mol. The van der Waals surface area contributed by atoms with Crippen LogP contribution in [-0.4, -0.2) is 31.1 Å². The number of rotatable bonds is 8. The lowest BCUT2D eigenvalue weighted by Crippen LogP contribution is -2.33. The van der Waals surface area contributed by atoms with E-state index < -0.39 is 0 Å². The summed E-state index contributed by atoms with van der Waals surface area (Å²) in [5.41, 5.74) is 8.83. The zero-order valence-corrected chi connectivity index (χ0v) is 14.8. The number of ether oxygens (including phenoxy) is 1. The molecule has 0 fully saturated rings. The Balaban J connectivity index is 0.00000288. The number of nitrogens with two attached hydrogens (primary N) is 1. The molecule has 4 nitrogen and oxygen atoms in total. The summed E-state index contributed by atoms with van der Waals surface area (Å²) in [5.74, 6) is 0.120. The SMILES string of the molecule is COCCN(Cc1ccccc1)C(=O)CCc1ccccc1N.Cl. The van der Waals surface area contributed by atoms with Gasteiger partial charge >= 0.3 is 0 Å². The molecule has 0 unspecified atom stereocenters. The molecule has 2 aromatic carbocycles. The number of nitrogen functional groups attached to an aromatic ring is 1. The first-order chi connectivity index (χ1) is 11.2. The quantitative estimate of drug-likeness (QED) is 0.745. The summed E-state index contributed by atoms with van der Waals surface area (Å²) in [7, 11) is 1.65. The Morgan fingerprint density at radius 1 is 1.08 bits per heavy atom. The second-order valence-corrected chi connectivity index (χ2v) is 5.49. The molecule has 5 heteroatoms. The Morgan fingerprint density at radius 3 is 2.42 bits per heavy atom. The van der Waals surface area contributed by atoms with Gasteiger partial charge in [0.05, 0.1) is 6.61 Å². The van der Waals surface area contributed by atoms with Crippen LogP contribution >= 0.6 is 12.4 Å². The molecule has 0 atom stereocenters. The summed E-state index contributed by atoms with van der Waals surface area (Å²) < 4.78 is 5.13. The highest BCUT2D eigenvalue weighted by Gasteiger charge is 2.14. The molecule has 0 heterocycles. The zero-order valence-electron chi connectivity index (χ0n) is 14.0. The molecule has 0 radical (unpaired) electrons. The van der Waals surface area contributed by atoms with E-state index in [9.17, 15) is 4.79 Å². The number of para-hydroxylation sites is 1. The second kappa shape index (κ2) is 10.7. The van der Waals surface area contributed by atoms with Crippen LogP contribution in [0, 0.1) is 0 Å². The van der Waals surface area contributed by atoms with Crippen LogP contribution in [0.2, 0.25) is 0 Å². The molecule has 130 valence electrons. The van der Waals surface area contributed by atoms with Crippen LogP contribution < -0.4 is 5.73 Å². The Bertz CT molecular complexity index is 620. The maximum atomic E-state index is 12.6. The zero-order chi connectivity index (χ0) is 16.5. The molecule has 2 aromatic rings. The van der Waals surface area contributed by atoms with Crippen molar-refractivity contribution in [3.05, 3.63) is 65.7 Å². The summed E-state index contributed by atoms with van der Waals surface area (Å²) in [4.78, 5) is 14.4. The molecule has 24 heavy (non-hydrogen) atoms. The topological polar surface area (TPSA) is 55.6 Å². The summed E-state index contributed by atoms with van der Waals surface area (Å²) in [6.45, 7) is 1.73. The standard InChI is InChI=1S/C19H24N2O2.ClH/c1-23-14-13-21(15-16-7-3-2-4-8-16)19(22)12-11-17-9-5-6-10-18(17)20;/h2-10H,11-15,20H2,1H3;1H. The number of aryl methyl sites for hydroxylation is 1. The highest BCUT2D eigenvalue weighted by molar-refractivity contribution is 5.85. The molecular formula is C19H25ClN2O2. The van der Waals surface area contributed by atoms with Crippen molar-refractivity contribution in [2.45, 2.75) is 19.4 Å². The number of methoxy groups -OCH3 is 1. The van der Waals surface area contributed by atoms with Gasteiger partial charge in [0.25, 0.3) is 0 Å². The van der Waals surface area contributed by atoms with E-state index in [2.05, 4.69) is 0 Å². The molecule has 0 aliphatic carbocycles. The average Bonchev–Trinajstić information content (AvgIpc) is 2.58. The lowest BCUT2D eigenvalue weighted by Gasteiger charge is -2.23. The van der Waals surface area contributed by atoms with Gasteiger partial charge in [0.1, 0.15) is 0 Å². The first kappa shape index (κ1) is 20.0. The van der Waals surface area contributed by atoms with Gasteiger partial charge in [-0.15, -0.1) is 12.4 Å². The first-order valence-corrected chi connectivity index (χ1v) is 7.84. The fraction of sp³-hybridized carbons (Fsp3) is 0.316. The summed E-state index contributed by atoms with van der Waals surface area (Å²) >= 11 is 0. The van der Waals surface area contributed by atoms with Crippen molar-refractivity contribution in [2.75, 3.05) is 26.0 Å². The van der Waals surface area contributed by atoms with Crippen molar-refractivity contribution < 1.29 is 9.53 Å². The van der Waals surface area contributed by atoms with Gasteiger partial charge in [-0.3, -0.25) is 4.79 Å². The summed E-state index contributed by atoms with van der Waals surface area (Å²) in [6, 6.07) is 17.7. The molecule has 0 saturated carbocycles. The Kier molecular flexibility index (Phi) is 8.90. The molecule has 2 N–H and O–H groups in total. The summed E-state index contributed by atoms with van der Waals surface area (Å²) in [5, 5.41) is 0. The largest absolute Gasteiger partial charge is 0.399 e. The third-order valence-corrected chi connectivity index (χ3v) is 3.80. The van der Waals surface area contributed by atoms with Crippen molar-refractivity contribution in [3.63, 3.8) is 0 Å². The van der Waals surface area contributed by atoms with Gasteiger partial charge in [-0.2, -0.15) is 0 Å². The maximum Gasteiger partial charge on any atom is 0.223 e. The van der Waals surface area contributed by atoms with E-state index in [4.69, 9.17) is 10.5 Å². The minimum atomic E-state index is 0. The Morgan fingerprint density at radius 2 is 1.75 bits per heavy atom. The van der Waals surface area contributed by atoms with Crippen LogP contribution in [0.4, 0.5) is 5.69 Å². The van der Waals surface area contributed by atoms with Gasteiger partial charge < -0.3 is 15.4 Å². The van der Waals surface area contributed by atoms with Crippen LogP contribution in [0.25, 0.3) is 0 Å². The number of carbonyl (C=O) groups excluding carboxylic acids is 1. The van der Waals surface area contributed by atoms with Gasteiger partial charge in [0.15, 0.2) is 0 Å². The van der Waals surface area contributed by atoms with Gasteiger partial charge in [-0.05, 0) is 23.6 Å². The van der Waals surface area contributed by atoms with Gasteiger partial charge in [0, 0.05) is 32.3 Å². The number of hydrogen-bond acceptors (Lipinski definition) is 3. The third kappa shape index (κ3) is 6.22. The molecule has 0 aromatic heterocycles. The normalized spacial score (nSPS) is 10.0. The van der Waals surface area contributed by atoms with Crippen molar-refractivity contribution in [3.8, 4) is 0 Å². The van der Waals surface area contributed by atoms with Gasteiger partial charge in [0.2, 0.25) is 5.91 Å². The molecular weight excluding hydrogens is 324 g/mol. The van der Waals surface area contributed by atoms with E-state index in [0.29, 0.717) is 32.5 Å². The van der Waals surface area contributed by atoms with E-state index in [1.807, 2.05) is 59.5 Å². The Labute approximate surface area is 150 Å². The molecule has 0 aliphatic rings. The minimum Gasteiger partial charge on any atom is -0.399 e. The number of halogens is 1. The third-order valence-electron chi connectivity index (χ3n) is 3.80. The van der Waals surface area contributed by atoms with E-state index >= 15 is 0 Å². The molecule has 0 bridgehead atoms. The lowest BCUT2D eigenvalue weighted by molar-refractivity contribution is -0.132. The predicted octanol–water partition coefficient (Wildman–Crippen LogP) is 3.30. The van der Waals surface area contributed by atoms with Crippen LogP contribution in [-0.2, 0) is 22.5 Å². The number of amides is 1. The molecule has 1 amide bonds. The van der Waals surface area contributed by atoms with Crippen molar-refractivity contribution in [1.29, 1.82) is 0 Å². The van der Waals surface area contributed by atoms with Crippen LogP contribution in [0.1, 0.15) is 17.5 Å². The summed E-state index contributed by atoms with van der Waals surface area (Å²) in [6.07, 6.45) is 1.11. The van der Waals surface area contributed by atoms with E-state index in [1.165, 1.54) is 0 Å². The smallest absolute Gasteiger partial charge is 0.223 e. The molecule has 0 aliphatic heterocycles. The van der Waals surface area contributed by atoms with E-state index in [1.54, 1.807) is 7.11 Å². The molecule has 2 rings (SSSR count). The van der Waals surface area contributed by atoms with Crippen LogP contribution in [0.15, 0.2) is 54.6 Å². The van der Waals surface area contributed by atoms with Crippen molar-refractivity contribution >= 4 is 24.0 Å². The van der Waals surface area contributed by atoms with Crippen LogP contribution in [0.5, 0.6) is 0 Å². The maximum absolute atomic E-state index is 12.6. The number of carbonyl (C=O) groups is 1. The lowest BCUT2D eigenvalue weighted by atomic mass is 10.1. The molecule has 0 saturated heterocycles. The highest BCUT2D eigenvalue weighted by Crippen LogP contribution is 2.14. The number of benzene rings is 2. The van der Waals surface area contributed by atoms with Crippen LogP contribution in [0.3, 0.4) is 0 Å². The van der Waals surface area contributed by atoms with Crippen molar-refractivity contribution in [2.24, 2.45) is 0 Å².